The van der Waals surface area contributed by atoms with Crippen molar-refractivity contribution in [2.45, 2.75) is 31.6 Å². The first-order valence-corrected chi connectivity index (χ1v) is 9.69. The van der Waals surface area contributed by atoms with Gasteiger partial charge in [-0.1, -0.05) is 0 Å². The van der Waals surface area contributed by atoms with Gasteiger partial charge < -0.3 is 20.8 Å². The fourth-order valence-corrected chi connectivity index (χ4v) is 3.90. The molecule has 0 radical (unpaired) electrons. The van der Waals surface area contributed by atoms with Gasteiger partial charge >= 0.3 is 0 Å². The monoisotopic (exact) mass is 422 g/mol. The fraction of sp³-hybridized carbons (Fsp3) is 0.400. The summed E-state index contributed by atoms with van der Waals surface area (Å²) in [6, 6.07) is 3.43. The standard InChI is InChI=1S/C20H22N8O3/c1-19(18(30)22-3)8-9-20(31,17(19)29)28-11-23-14-15(21-2)25-13(26-16(14)28)7-6-12-5-4-10-24-27-12/h4-5,10-11,17,29,31H,8-9H2,1-3H3,(H,22,30)(H,21,25,26)/t17-,19?,20-/m1/s1. The zero-order chi connectivity index (χ0) is 22.2. The molecule has 0 spiro atoms. The maximum Gasteiger partial charge on any atom is 0.228 e. The molecule has 11 heteroatoms. The van der Waals surface area contributed by atoms with Crippen molar-refractivity contribution in [1.29, 1.82) is 0 Å². The average Bonchev–Trinajstić information content (AvgIpc) is 3.33. The summed E-state index contributed by atoms with van der Waals surface area (Å²) in [5, 5.41) is 35.6. The predicted octanol–water partition coefficient (Wildman–Crippen LogP) is -0.390. The number of anilines is 1. The van der Waals surface area contributed by atoms with Crippen LogP contribution >= 0.6 is 0 Å². The number of hydrogen-bond acceptors (Lipinski definition) is 9. The zero-order valence-corrected chi connectivity index (χ0v) is 17.3. The molecule has 4 rings (SSSR count). The van der Waals surface area contributed by atoms with Crippen molar-refractivity contribution in [2.24, 2.45) is 5.41 Å². The maximum absolute atomic E-state index is 12.4. The van der Waals surface area contributed by atoms with Crippen molar-refractivity contribution in [3.05, 3.63) is 36.2 Å². The molecule has 1 aliphatic rings. The minimum atomic E-state index is -1.77. The summed E-state index contributed by atoms with van der Waals surface area (Å²) >= 11 is 0. The molecule has 1 saturated carbocycles. The predicted molar refractivity (Wildman–Crippen MR) is 110 cm³/mol. The highest BCUT2D eigenvalue weighted by molar-refractivity contribution is 5.85. The van der Waals surface area contributed by atoms with Gasteiger partial charge in [0.15, 0.2) is 22.7 Å². The van der Waals surface area contributed by atoms with Crippen LogP contribution in [0.15, 0.2) is 24.7 Å². The third kappa shape index (κ3) is 3.26. The first kappa shape index (κ1) is 20.6. The quantitative estimate of drug-likeness (QED) is 0.414. The number of carbonyl (C=O) groups excluding carboxylic acids is 1. The second kappa shape index (κ2) is 7.57. The number of fused-ring (bicyclic) bond motifs is 1. The number of aliphatic hydroxyl groups is 2. The van der Waals surface area contributed by atoms with Gasteiger partial charge in [0.2, 0.25) is 11.7 Å². The Bertz CT molecular complexity index is 1200. The van der Waals surface area contributed by atoms with Crippen LogP contribution in [0.1, 0.15) is 31.3 Å². The van der Waals surface area contributed by atoms with E-state index in [1.807, 2.05) is 0 Å². The Hall–Kier alpha value is -3.62. The Balaban J connectivity index is 1.81. The molecule has 0 saturated heterocycles. The fourth-order valence-electron chi connectivity index (χ4n) is 3.90. The molecule has 4 N–H and O–H groups in total. The molecular weight excluding hydrogens is 400 g/mol. The number of nitrogens with one attached hydrogen (secondary N) is 2. The molecule has 0 aromatic carbocycles. The van der Waals surface area contributed by atoms with Gasteiger partial charge in [-0.15, -0.1) is 5.10 Å². The number of aromatic nitrogens is 6. The van der Waals surface area contributed by atoms with E-state index in [0.29, 0.717) is 17.0 Å². The van der Waals surface area contributed by atoms with E-state index in [4.69, 9.17) is 0 Å². The van der Waals surface area contributed by atoms with E-state index in [1.165, 1.54) is 17.9 Å². The molecule has 0 aliphatic heterocycles. The van der Waals surface area contributed by atoms with E-state index in [1.54, 1.807) is 32.3 Å². The summed E-state index contributed by atoms with van der Waals surface area (Å²) in [4.78, 5) is 25.5. The molecule has 3 aromatic rings. The Morgan fingerprint density at radius 3 is 2.77 bits per heavy atom. The summed E-state index contributed by atoms with van der Waals surface area (Å²) < 4.78 is 1.39. The molecule has 1 fully saturated rings. The van der Waals surface area contributed by atoms with E-state index < -0.39 is 17.2 Å². The lowest BCUT2D eigenvalue weighted by Crippen LogP contribution is -2.51. The van der Waals surface area contributed by atoms with Crippen LogP contribution in [-0.4, -0.2) is 66.0 Å². The largest absolute Gasteiger partial charge is 0.387 e. The van der Waals surface area contributed by atoms with Crippen molar-refractivity contribution in [3.8, 4) is 11.8 Å². The highest BCUT2D eigenvalue weighted by Crippen LogP contribution is 2.47. The lowest BCUT2D eigenvalue weighted by atomic mass is 9.84. The van der Waals surface area contributed by atoms with Gasteiger partial charge in [-0.25, -0.2) is 15.0 Å². The summed E-state index contributed by atoms with van der Waals surface area (Å²) in [7, 11) is 3.18. The maximum atomic E-state index is 12.4. The third-order valence-corrected chi connectivity index (χ3v) is 5.72. The first-order valence-electron chi connectivity index (χ1n) is 9.69. The minimum absolute atomic E-state index is 0.142. The first-order chi connectivity index (χ1) is 14.8. The molecule has 11 nitrogen and oxygen atoms in total. The normalized spacial score (nSPS) is 25.1. The number of rotatable bonds is 3. The van der Waals surface area contributed by atoms with Crippen LogP contribution in [0.4, 0.5) is 5.82 Å². The van der Waals surface area contributed by atoms with E-state index in [9.17, 15) is 15.0 Å². The molecule has 3 heterocycles. The van der Waals surface area contributed by atoms with Crippen molar-refractivity contribution < 1.29 is 15.0 Å². The van der Waals surface area contributed by atoms with Crippen LogP contribution in [0, 0.1) is 17.3 Å². The zero-order valence-electron chi connectivity index (χ0n) is 17.3. The topological polar surface area (TPSA) is 151 Å². The summed E-state index contributed by atoms with van der Waals surface area (Å²) in [6.07, 6.45) is 1.99. The van der Waals surface area contributed by atoms with Gasteiger partial charge in [0.05, 0.1) is 11.7 Å². The summed E-state index contributed by atoms with van der Waals surface area (Å²) in [5.41, 5.74) is -1.79. The number of amides is 1. The van der Waals surface area contributed by atoms with Crippen molar-refractivity contribution in [2.75, 3.05) is 19.4 Å². The highest BCUT2D eigenvalue weighted by atomic mass is 16.4. The Morgan fingerprint density at radius 2 is 2.10 bits per heavy atom. The van der Waals surface area contributed by atoms with Crippen LogP contribution in [0.3, 0.4) is 0 Å². The van der Waals surface area contributed by atoms with Crippen molar-refractivity contribution >= 4 is 22.9 Å². The molecule has 3 atom stereocenters. The highest BCUT2D eigenvalue weighted by Gasteiger charge is 2.58. The molecule has 160 valence electrons. The molecule has 1 aliphatic carbocycles. The van der Waals surface area contributed by atoms with Crippen LogP contribution in [0.2, 0.25) is 0 Å². The van der Waals surface area contributed by atoms with Gasteiger partial charge in [-0.2, -0.15) is 5.10 Å². The number of imidazole rings is 1. The van der Waals surface area contributed by atoms with Crippen LogP contribution in [0.5, 0.6) is 0 Å². The number of carbonyl (C=O) groups is 1. The van der Waals surface area contributed by atoms with E-state index in [0.717, 1.165) is 0 Å². The molecule has 0 bridgehead atoms. The summed E-state index contributed by atoms with van der Waals surface area (Å²) in [5.74, 6) is 5.92. The second-order valence-corrected chi connectivity index (χ2v) is 7.57. The Morgan fingerprint density at radius 1 is 1.29 bits per heavy atom. The van der Waals surface area contributed by atoms with Gasteiger partial charge in [0.25, 0.3) is 0 Å². The van der Waals surface area contributed by atoms with E-state index in [2.05, 4.69) is 47.6 Å². The lowest BCUT2D eigenvalue weighted by molar-refractivity contribution is -0.157. The van der Waals surface area contributed by atoms with Crippen LogP contribution in [0.25, 0.3) is 11.2 Å². The van der Waals surface area contributed by atoms with Crippen molar-refractivity contribution in [3.63, 3.8) is 0 Å². The van der Waals surface area contributed by atoms with Gasteiger partial charge in [0.1, 0.15) is 11.8 Å². The smallest absolute Gasteiger partial charge is 0.228 e. The number of aliphatic hydroxyl groups excluding tert-OH is 1. The Labute approximate surface area is 178 Å². The van der Waals surface area contributed by atoms with Crippen LogP contribution < -0.4 is 10.6 Å². The average molecular weight is 422 g/mol. The van der Waals surface area contributed by atoms with Crippen LogP contribution in [-0.2, 0) is 10.5 Å². The van der Waals surface area contributed by atoms with Gasteiger partial charge in [-0.05, 0) is 43.7 Å². The molecule has 1 amide bonds. The second-order valence-electron chi connectivity index (χ2n) is 7.57. The third-order valence-electron chi connectivity index (χ3n) is 5.72. The Kier molecular flexibility index (Phi) is 5.04. The number of nitrogens with zero attached hydrogens (tertiary/aromatic N) is 6. The van der Waals surface area contributed by atoms with Crippen molar-refractivity contribution in [1.82, 2.24) is 35.0 Å². The molecule has 1 unspecified atom stereocenters. The molecular formula is C20H22N8O3. The number of hydrogen-bond donors (Lipinski definition) is 4. The lowest BCUT2D eigenvalue weighted by Gasteiger charge is -2.34. The minimum Gasteiger partial charge on any atom is -0.387 e. The van der Waals surface area contributed by atoms with E-state index >= 15 is 0 Å². The van der Waals surface area contributed by atoms with Gasteiger partial charge in [0, 0.05) is 20.3 Å². The van der Waals surface area contributed by atoms with Gasteiger partial charge in [-0.3, -0.25) is 9.36 Å². The summed E-state index contributed by atoms with van der Waals surface area (Å²) in [6.45, 7) is 1.62. The molecule has 3 aromatic heterocycles. The SMILES string of the molecule is CNC(=O)C1(C)CC[C@](O)(n2cnc3c(NC)nc(C#Cc4cccnn4)nc32)[C@@H]1O. The molecule has 31 heavy (non-hydrogen) atoms. The van der Waals surface area contributed by atoms with E-state index in [-0.39, 0.29) is 30.2 Å².